The van der Waals surface area contributed by atoms with Crippen LogP contribution in [0.3, 0.4) is 0 Å². The van der Waals surface area contributed by atoms with Crippen molar-refractivity contribution in [3.63, 3.8) is 0 Å². The number of hydrogen-bond donors (Lipinski definition) is 1. The van der Waals surface area contributed by atoms with E-state index in [1.165, 1.54) is 5.56 Å². The topological polar surface area (TPSA) is 44.5 Å². The molecule has 2 N–H and O–H groups in total. The first-order valence-electron chi connectivity index (χ1n) is 6.23. The number of hydrogen-bond acceptors (Lipinski definition) is 3. The van der Waals surface area contributed by atoms with Crippen molar-refractivity contribution < 1.29 is 9.47 Å². The third kappa shape index (κ3) is 3.28. The zero-order valence-electron chi connectivity index (χ0n) is 10.4. The average Bonchev–Trinajstić information content (AvgIpc) is 2.67. The van der Waals surface area contributed by atoms with Crippen molar-refractivity contribution in [2.75, 3.05) is 13.2 Å². The normalized spacial score (nSPS) is 28.5. The van der Waals surface area contributed by atoms with Gasteiger partial charge in [-0.15, -0.1) is 0 Å². The lowest BCUT2D eigenvalue weighted by molar-refractivity contribution is 0.0642. The molecule has 1 aliphatic rings. The van der Waals surface area contributed by atoms with Crippen molar-refractivity contribution in [3.8, 4) is 0 Å². The summed E-state index contributed by atoms with van der Waals surface area (Å²) in [7, 11) is 0. The van der Waals surface area contributed by atoms with Crippen LogP contribution in [0.2, 0.25) is 0 Å². The van der Waals surface area contributed by atoms with Gasteiger partial charge >= 0.3 is 0 Å². The summed E-state index contributed by atoms with van der Waals surface area (Å²) in [6.07, 6.45) is 1.94. The molecule has 1 heterocycles. The zero-order valence-corrected chi connectivity index (χ0v) is 10.4. The molecule has 94 valence electrons. The monoisotopic (exact) mass is 235 g/mol. The first-order valence-corrected chi connectivity index (χ1v) is 6.23. The van der Waals surface area contributed by atoms with E-state index in [9.17, 15) is 0 Å². The Morgan fingerprint density at radius 2 is 2.18 bits per heavy atom. The maximum atomic E-state index is 6.28. The first-order chi connectivity index (χ1) is 8.21. The molecular formula is C14H21NO2. The first kappa shape index (κ1) is 12.6. The van der Waals surface area contributed by atoms with Crippen LogP contribution in [-0.4, -0.2) is 24.9 Å². The molecule has 1 saturated heterocycles. The van der Waals surface area contributed by atoms with Gasteiger partial charge < -0.3 is 15.2 Å². The molecule has 3 heteroatoms. The van der Waals surface area contributed by atoms with E-state index < -0.39 is 0 Å². The van der Waals surface area contributed by atoms with Gasteiger partial charge in [0, 0.05) is 18.8 Å². The molecule has 0 aliphatic carbocycles. The van der Waals surface area contributed by atoms with Gasteiger partial charge in [-0.05, 0) is 25.3 Å². The van der Waals surface area contributed by atoms with Gasteiger partial charge in [-0.25, -0.2) is 0 Å². The highest BCUT2D eigenvalue weighted by atomic mass is 16.5. The van der Waals surface area contributed by atoms with Crippen LogP contribution in [0.15, 0.2) is 30.3 Å². The van der Waals surface area contributed by atoms with Gasteiger partial charge in [-0.1, -0.05) is 30.3 Å². The second-order valence-electron chi connectivity index (χ2n) is 4.78. The van der Waals surface area contributed by atoms with Gasteiger partial charge in [0.1, 0.15) is 0 Å². The van der Waals surface area contributed by atoms with Gasteiger partial charge in [-0.3, -0.25) is 0 Å². The Morgan fingerprint density at radius 3 is 2.82 bits per heavy atom. The minimum absolute atomic E-state index is 0.142. The van der Waals surface area contributed by atoms with E-state index in [0.29, 0.717) is 13.2 Å². The van der Waals surface area contributed by atoms with Crippen LogP contribution in [0.4, 0.5) is 0 Å². The summed E-state index contributed by atoms with van der Waals surface area (Å²) in [6, 6.07) is 10.2. The molecule has 3 nitrogen and oxygen atoms in total. The summed E-state index contributed by atoms with van der Waals surface area (Å²) in [5, 5.41) is 0. The predicted octanol–water partition coefficient (Wildman–Crippen LogP) is 2.10. The second-order valence-corrected chi connectivity index (χ2v) is 4.78. The molecule has 2 atom stereocenters. The van der Waals surface area contributed by atoms with E-state index >= 15 is 0 Å². The Balaban J connectivity index is 1.70. The minimum atomic E-state index is -0.198. The highest BCUT2D eigenvalue weighted by Crippen LogP contribution is 2.26. The SMILES string of the molecule is CC1OCCC1(N)CCOCc1ccccc1. The quantitative estimate of drug-likeness (QED) is 0.795. The lowest BCUT2D eigenvalue weighted by Crippen LogP contribution is -2.46. The molecule has 1 fully saturated rings. The van der Waals surface area contributed by atoms with Gasteiger partial charge in [0.15, 0.2) is 0 Å². The van der Waals surface area contributed by atoms with Crippen molar-refractivity contribution in [1.82, 2.24) is 0 Å². The lowest BCUT2D eigenvalue weighted by atomic mass is 9.90. The van der Waals surface area contributed by atoms with E-state index in [1.54, 1.807) is 0 Å². The highest BCUT2D eigenvalue weighted by Gasteiger charge is 2.37. The fourth-order valence-corrected chi connectivity index (χ4v) is 2.15. The molecular weight excluding hydrogens is 214 g/mol. The summed E-state index contributed by atoms with van der Waals surface area (Å²) >= 11 is 0. The maximum absolute atomic E-state index is 6.28. The van der Waals surface area contributed by atoms with Crippen molar-refractivity contribution in [1.29, 1.82) is 0 Å². The largest absolute Gasteiger partial charge is 0.377 e. The molecule has 2 rings (SSSR count). The zero-order chi connectivity index (χ0) is 12.1. The van der Waals surface area contributed by atoms with Crippen LogP contribution in [0.5, 0.6) is 0 Å². The molecule has 1 aromatic carbocycles. The fraction of sp³-hybridized carbons (Fsp3) is 0.571. The Kier molecular flexibility index (Phi) is 4.15. The second kappa shape index (κ2) is 5.63. The Morgan fingerprint density at radius 1 is 1.41 bits per heavy atom. The Bertz CT molecular complexity index is 341. The standard InChI is InChI=1S/C14H21NO2/c1-12-14(15,8-10-17-12)7-9-16-11-13-5-3-2-4-6-13/h2-6,12H,7-11,15H2,1H3. The summed E-state index contributed by atoms with van der Waals surface area (Å²) in [6.45, 7) is 4.17. The molecule has 0 saturated carbocycles. The van der Waals surface area contributed by atoms with E-state index in [1.807, 2.05) is 25.1 Å². The van der Waals surface area contributed by atoms with Crippen LogP contribution >= 0.6 is 0 Å². The maximum Gasteiger partial charge on any atom is 0.0728 e. The van der Waals surface area contributed by atoms with Crippen molar-refractivity contribution in [2.24, 2.45) is 5.73 Å². The Labute approximate surface area is 103 Å². The fourth-order valence-electron chi connectivity index (χ4n) is 2.15. The molecule has 1 aromatic rings. The van der Waals surface area contributed by atoms with Crippen molar-refractivity contribution in [2.45, 2.75) is 38.0 Å². The minimum Gasteiger partial charge on any atom is -0.377 e. The highest BCUT2D eigenvalue weighted by molar-refractivity contribution is 5.13. The molecule has 0 aromatic heterocycles. The van der Waals surface area contributed by atoms with Crippen molar-refractivity contribution >= 4 is 0 Å². The summed E-state index contributed by atoms with van der Waals surface area (Å²) in [5.41, 5.74) is 7.28. The van der Waals surface area contributed by atoms with Crippen LogP contribution in [-0.2, 0) is 16.1 Å². The van der Waals surface area contributed by atoms with E-state index in [0.717, 1.165) is 19.4 Å². The number of ether oxygens (including phenoxy) is 2. The molecule has 2 unspecified atom stereocenters. The number of nitrogens with two attached hydrogens (primary N) is 1. The van der Waals surface area contributed by atoms with E-state index in [-0.39, 0.29) is 11.6 Å². The van der Waals surface area contributed by atoms with Gasteiger partial charge in [0.05, 0.1) is 12.7 Å². The molecule has 17 heavy (non-hydrogen) atoms. The van der Waals surface area contributed by atoms with Gasteiger partial charge in [0.25, 0.3) is 0 Å². The van der Waals surface area contributed by atoms with E-state index in [4.69, 9.17) is 15.2 Å². The van der Waals surface area contributed by atoms with Crippen LogP contribution in [0.1, 0.15) is 25.3 Å². The molecule has 0 bridgehead atoms. The summed E-state index contributed by atoms with van der Waals surface area (Å²) < 4.78 is 11.2. The smallest absolute Gasteiger partial charge is 0.0728 e. The van der Waals surface area contributed by atoms with Crippen LogP contribution < -0.4 is 5.73 Å². The molecule has 0 radical (unpaired) electrons. The van der Waals surface area contributed by atoms with Crippen molar-refractivity contribution in [3.05, 3.63) is 35.9 Å². The van der Waals surface area contributed by atoms with Crippen LogP contribution in [0, 0.1) is 0 Å². The molecule has 0 amide bonds. The van der Waals surface area contributed by atoms with Gasteiger partial charge in [0.2, 0.25) is 0 Å². The van der Waals surface area contributed by atoms with Crippen LogP contribution in [0.25, 0.3) is 0 Å². The van der Waals surface area contributed by atoms with E-state index in [2.05, 4.69) is 12.1 Å². The third-order valence-electron chi connectivity index (χ3n) is 3.57. The number of benzene rings is 1. The number of rotatable bonds is 5. The lowest BCUT2D eigenvalue weighted by Gasteiger charge is -2.27. The predicted molar refractivity (Wildman–Crippen MR) is 67.7 cm³/mol. The third-order valence-corrected chi connectivity index (χ3v) is 3.57. The van der Waals surface area contributed by atoms with Gasteiger partial charge in [-0.2, -0.15) is 0 Å². The molecule has 0 spiro atoms. The Hall–Kier alpha value is -0.900. The average molecular weight is 235 g/mol. The molecule has 1 aliphatic heterocycles. The summed E-state index contributed by atoms with van der Waals surface area (Å²) in [4.78, 5) is 0. The summed E-state index contributed by atoms with van der Waals surface area (Å²) in [5.74, 6) is 0.